The Balaban J connectivity index is 1.33. The summed E-state index contributed by atoms with van der Waals surface area (Å²) in [6, 6.07) is 6.52. The topological polar surface area (TPSA) is 138 Å². The van der Waals surface area contributed by atoms with Gasteiger partial charge in [-0.1, -0.05) is 29.3 Å². The third kappa shape index (κ3) is 4.83. The van der Waals surface area contributed by atoms with Crippen LogP contribution < -0.4 is 5.32 Å². The van der Waals surface area contributed by atoms with Gasteiger partial charge < -0.3 is 10.2 Å². The quantitative estimate of drug-likeness (QED) is 0.421. The third-order valence-electron chi connectivity index (χ3n) is 8.29. The molecule has 1 saturated heterocycles. The molecule has 6 rings (SSSR count). The molecule has 1 aliphatic heterocycles. The second kappa shape index (κ2) is 10.0. The fourth-order valence-electron chi connectivity index (χ4n) is 5.58. The second-order valence-electron chi connectivity index (χ2n) is 11.2. The highest BCUT2D eigenvalue weighted by Crippen LogP contribution is 2.51. The van der Waals surface area contributed by atoms with Crippen molar-refractivity contribution in [2.45, 2.75) is 59.2 Å². The number of hydrogen-bond acceptors (Lipinski definition) is 7. The lowest BCUT2D eigenvalue weighted by molar-refractivity contribution is -0.140. The van der Waals surface area contributed by atoms with Gasteiger partial charge in [-0.3, -0.25) is 19.3 Å². The number of sulfone groups is 1. The lowest BCUT2D eigenvalue weighted by Gasteiger charge is -2.28. The van der Waals surface area contributed by atoms with E-state index in [4.69, 9.17) is 23.2 Å². The number of amides is 2. The molecule has 2 aliphatic carbocycles. The molecule has 2 atom stereocenters. The van der Waals surface area contributed by atoms with E-state index >= 15 is 0 Å². The van der Waals surface area contributed by atoms with E-state index in [-0.39, 0.29) is 46.4 Å². The lowest BCUT2D eigenvalue weighted by atomic mass is 9.98. The van der Waals surface area contributed by atoms with E-state index in [1.165, 1.54) is 23.2 Å². The van der Waals surface area contributed by atoms with Crippen molar-refractivity contribution in [3.8, 4) is 17.2 Å². The molecule has 14 heteroatoms. The summed E-state index contributed by atoms with van der Waals surface area (Å²) < 4.78 is 44.3. The highest BCUT2D eigenvalue weighted by molar-refractivity contribution is 7.92. The van der Waals surface area contributed by atoms with Gasteiger partial charge in [-0.05, 0) is 55.9 Å². The highest BCUT2D eigenvalue weighted by Gasteiger charge is 2.60. The van der Waals surface area contributed by atoms with Crippen LogP contribution in [-0.4, -0.2) is 63.3 Å². The van der Waals surface area contributed by atoms with E-state index in [2.05, 4.69) is 21.5 Å². The van der Waals surface area contributed by atoms with Crippen molar-refractivity contribution < 1.29 is 22.4 Å². The molecular weight excluding hydrogens is 606 g/mol. The number of likely N-dealkylation sites (tertiary alicyclic amines) is 1. The zero-order valence-corrected chi connectivity index (χ0v) is 24.7. The molecule has 3 fully saturated rings. The minimum atomic E-state index is -4.13. The summed E-state index contributed by atoms with van der Waals surface area (Å²) in [5, 5.41) is 15.2. The Hall–Kier alpha value is -3.53. The molecule has 1 aromatic carbocycles. The number of aromatic nitrogens is 3. The summed E-state index contributed by atoms with van der Waals surface area (Å²) in [4.78, 5) is 32.6. The maximum atomic E-state index is 14.9. The van der Waals surface area contributed by atoms with Crippen molar-refractivity contribution in [1.82, 2.24) is 25.0 Å². The number of halogens is 3. The molecule has 0 bridgehead atoms. The Morgan fingerprint density at radius 3 is 2.45 bits per heavy atom. The average molecular weight is 632 g/mol. The predicted octanol–water partition coefficient (Wildman–Crippen LogP) is 3.58. The largest absolute Gasteiger partial charge is 0.336 e. The summed E-state index contributed by atoms with van der Waals surface area (Å²) in [7, 11) is -2.37. The molecule has 42 heavy (non-hydrogen) atoms. The van der Waals surface area contributed by atoms with Crippen molar-refractivity contribution in [1.29, 1.82) is 5.26 Å². The minimum absolute atomic E-state index is 0.00496. The molecule has 1 N–H and O–H groups in total. The standard InChI is InChI=1S/C28H25Cl2FN6O4S/c1-36-13-17(11-34-36)16-2-3-23(20(30)8-16)42(40,41)19-10-22(25(38)35-27(15-32)4-5-27)37(14-19)26(39)28(6-7-28)24-21(31)9-18(29)12-33-24/h2-3,8-9,11-13,19,22H,4-7,10,14H2,1H3,(H,35,38). The van der Waals surface area contributed by atoms with Crippen LogP contribution in [0.2, 0.25) is 10.0 Å². The molecule has 3 aliphatic rings. The molecule has 3 heterocycles. The first-order valence-corrected chi connectivity index (χ1v) is 15.6. The number of pyridine rings is 1. The van der Waals surface area contributed by atoms with E-state index < -0.39 is 49.7 Å². The van der Waals surface area contributed by atoms with Gasteiger partial charge in [-0.2, -0.15) is 10.4 Å². The first kappa shape index (κ1) is 28.6. The number of nitriles is 1. The van der Waals surface area contributed by atoms with Crippen LogP contribution in [0.4, 0.5) is 4.39 Å². The van der Waals surface area contributed by atoms with Crippen molar-refractivity contribution in [3.63, 3.8) is 0 Å². The molecule has 0 radical (unpaired) electrons. The summed E-state index contributed by atoms with van der Waals surface area (Å²) in [6.07, 6.45) is 5.91. The molecule has 10 nitrogen and oxygen atoms in total. The Labute approximate surface area is 251 Å². The molecule has 2 saturated carbocycles. The molecule has 0 spiro atoms. The maximum absolute atomic E-state index is 14.9. The molecule has 2 unspecified atom stereocenters. The van der Waals surface area contributed by atoms with Gasteiger partial charge in [0.1, 0.15) is 17.4 Å². The van der Waals surface area contributed by atoms with E-state index in [1.54, 1.807) is 30.2 Å². The Morgan fingerprint density at radius 1 is 1.14 bits per heavy atom. The minimum Gasteiger partial charge on any atom is -0.336 e. The van der Waals surface area contributed by atoms with E-state index in [0.717, 1.165) is 11.6 Å². The smallest absolute Gasteiger partial charge is 0.244 e. The second-order valence-corrected chi connectivity index (χ2v) is 14.2. The number of carbonyl (C=O) groups is 2. The number of nitrogens with one attached hydrogen (secondary N) is 1. The van der Waals surface area contributed by atoms with Crippen LogP contribution in [0.25, 0.3) is 11.1 Å². The summed E-state index contributed by atoms with van der Waals surface area (Å²) in [5.74, 6) is -1.97. The van der Waals surface area contributed by atoms with Crippen LogP contribution in [0.5, 0.6) is 0 Å². The van der Waals surface area contributed by atoms with Gasteiger partial charge in [0.05, 0.1) is 43.6 Å². The van der Waals surface area contributed by atoms with Crippen LogP contribution in [0.3, 0.4) is 0 Å². The number of aryl methyl sites for hydroxylation is 1. The van der Waals surface area contributed by atoms with E-state index in [9.17, 15) is 27.7 Å². The normalized spacial score (nSPS) is 21.9. The Morgan fingerprint density at radius 2 is 1.88 bits per heavy atom. The average Bonchev–Trinajstić information content (AvgIpc) is 3.81. The zero-order chi connectivity index (χ0) is 30.0. The summed E-state index contributed by atoms with van der Waals surface area (Å²) in [6.45, 7) is -0.309. The monoisotopic (exact) mass is 630 g/mol. The van der Waals surface area contributed by atoms with Crippen LogP contribution >= 0.6 is 23.2 Å². The molecule has 2 amide bonds. The van der Waals surface area contributed by atoms with Crippen molar-refractivity contribution >= 4 is 44.9 Å². The van der Waals surface area contributed by atoms with Crippen LogP contribution in [0.1, 0.15) is 37.8 Å². The fraction of sp³-hybridized carbons (Fsp3) is 0.393. The van der Waals surface area contributed by atoms with Crippen molar-refractivity contribution in [2.24, 2.45) is 7.05 Å². The molecule has 218 valence electrons. The Bertz CT molecular complexity index is 1780. The van der Waals surface area contributed by atoms with Gasteiger partial charge >= 0.3 is 0 Å². The SMILES string of the molecule is Cn1cc(-c2ccc(S(=O)(=O)C3CC(C(=O)NC4(C#N)CC4)N(C(=O)C4(c5ncc(Cl)cc5F)CC4)C3)c(Cl)c2)cn1. The third-order valence-corrected chi connectivity index (χ3v) is 11.1. The molecular formula is C28H25Cl2FN6O4S. The molecule has 2 aromatic heterocycles. The Kier molecular flexibility index (Phi) is 6.83. The van der Waals surface area contributed by atoms with Crippen molar-refractivity contribution in [2.75, 3.05) is 6.54 Å². The summed E-state index contributed by atoms with van der Waals surface area (Å²) >= 11 is 12.4. The van der Waals surface area contributed by atoms with Crippen LogP contribution in [-0.2, 0) is 31.9 Å². The number of hydrogen-bond donors (Lipinski definition) is 1. The van der Waals surface area contributed by atoms with E-state index in [0.29, 0.717) is 18.4 Å². The lowest BCUT2D eigenvalue weighted by Crippen LogP contribution is -2.52. The van der Waals surface area contributed by atoms with Gasteiger partial charge in [-0.25, -0.2) is 12.8 Å². The van der Waals surface area contributed by atoms with Crippen molar-refractivity contribution in [3.05, 3.63) is 64.4 Å². The van der Waals surface area contributed by atoms with Crippen LogP contribution in [0.15, 0.2) is 47.8 Å². The predicted molar refractivity (Wildman–Crippen MR) is 151 cm³/mol. The summed E-state index contributed by atoms with van der Waals surface area (Å²) in [5.41, 5.74) is -1.03. The van der Waals surface area contributed by atoms with Gasteiger partial charge in [0.25, 0.3) is 0 Å². The van der Waals surface area contributed by atoms with Gasteiger partial charge in [0.15, 0.2) is 9.84 Å². The van der Waals surface area contributed by atoms with Crippen LogP contribution in [0, 0.1) is 17.1 Å². The van der Waals surface area contributed by atoms with E-state index in [1.807, 2.05) is 0 Å². The first-order valence-electron chi connectivity index (χ1n) is 13.3. The number of rotatable bonds is 7. The van der Waals surface area contributed by atoms with Gasteiger partial charge in [-0.15, -0.1) is 0 Å². The highest BCUT2D eigenvalue weighted by atomic mass is 35.5. The number of carbonyl (C=O) groups excluding carboxylic acids is 2. The van der Waals surface area contributed by atoms with Gasteiger partial charge in [0.2, 0.25) is 11.8 Å². The molecule has 3 aromatic rings. The first-order chi connectivity index (χ1) is 19.9. The maximum Gasteiger partial charge on any atom is 0.244 e. The zero-order valence-electron chi connectivity index (χ0n) is 22.3. The fourth-order valence-corrected chi connectivity index (χ4v) is 7.97. The van der Waals surface area contributed by atoms with Gasteiger partial charge in [0, 0.05) is 31.5 Å². The number of benzene rings is 1. The number of nitrogens with zero attached hydrogens (tertiary/aromatic N) is 5.